The van der Waals surface area contributed by atoms with Gasteiger partial charge in [0.15, 0.2) is 0 Å². The van der Waals surface area contributed by atoms with Crippen LogP contribution in [0.5, 0.6) is 5.75 Å². The molecule has 0 saturated heterocycles. The SMILES string of the molecule is Cl.N[C@@H]1CCOc2c(C(=O)O)ccc(Br)c21. The van der Waals surface area contributed by atoms with Gasteiger partial charge in [-0.3, -0.25) is 0 Å². The van der Waals surface area contributed by atoms with Gasteiger partial charge in [-0.2, -0.15) is 0 Å². The quantitative estimate of drug-likeness (QED) is 0.835. The fraction of sp³-hybridized carbons (Fsp3) is 0.300. The lowest BCUT2D eigenvalue weighted by atomic mass is 9.98. The van der Waals surface area contributed by atoms with Crippen LogP contribution in [0.15, 0.2) is 16.6 Å². The molecule has 0 unspecified atom stereocenters. The molecular weight excluding hydrogens is 297 g/mol. The van der Waals surface area contributed by atoms with Crippen molar-refractivity contribution in [2.45, 2.75) is 12.5 Å². The molecule has 0 amide bonds. The molecule has 16 heavy (non-hydrogen) atoms. The Bertz CT molecular complexity index is 425. The van der Waals surface area contributed by atoms with Crippen LogP contribution in [0, 0.1) is 0 Å². The average Bonchev–Trinajstić information content (AvgIpc) is 2.17. The standard InChI is InChI=1S/C10H10BrNO3.ClH/c11-6-2-1-5(10(13)14)9-8(6)7(12)3-4-15-9;/h1-2,7H,3-4,12H2,(H,13,14);1H/t7-;/m1./s1. The number of carboxylic acids is 1. The van der Waals surface area contributed by atoms with Crippen molar-refractivity contribution in [2.75, 3.05) is 6.61 Å². The lowest BCUT2D eigenvalue weighted by Gasteiger charge is -2.25. The summed E-state index contributed by atoms with van der Waals surface area (Å²) in [6, 6.07) is 3.04. The molecule has 0 bridgehead atoms. The normalized spacial score (nSPS) is 18.0. The molecule has 0 saturated carbocycles. The first kappa shape index (κ1) is 13.3. The number of halogens is 2. The van der Waals surface area contributed by atoms with E-state index in [4.69, 9.17) is 15.6 Å². The second-order valence-corrected chi connectivity index (χ2v) is 4.24. The first-order valence-corrected chi connectivity index (χ1v) is 5.34. The molecule has 1 heterocycles. The van der Waals surface area contributed by atoms with Gasteiger partial charge >= 0.3 is 5.97 Å². The second kappa shape index (κ2) is 5.03. The van der Waals surface area contributed by atoms with E-state index in [1.807, 2.05) is 0 Å². The highest BCUT2D eigenvalue weighted by atomic mass is 79.9. The Kier molecular flexibility index (Phi) is 4.18. The predicted molar refractivity (Wildman–Crippen MR) is 65.4 cm³/mol. The number of ether oxygens (including phenoxy) is 1. The topological polar surface area (TPSA) is 72.5 Å². The van der Waals surface area contributed by atoms with Crippen LogP contribution >= 0.6 is 28.3 Å². The summed E-state index contributed by atoms with van der Waals surface area (Å²) < 4.78 is 6.18. The summed E-state index contributed by atoms with van der Waals surface area (Å²) in [6.07, 6.45) is 0.703. The minimum Gasteiger partial charge on any atom is -0.492 e. The van der Waals surface area contributed by atoms with Gasteiger partial charge in [0, 0.05) is 22.5 Å². The molecule has 0 fully saturated rings. The fourth-order valence-corrected chi connectivity index (χ4v) is 2.28. The van der Waals surface area contributed by atoms with E-state index in [9.17, 15) is 4.79 Å². The average molecular weight is 309 g/mol. The third-order valence-electron chi connectivity index (χ3n) is 2.42. The van der Waals surface area contributed by atoms with Gasteiger partial charge in [0.25, 0.3) is 0 Å². The molecule has 0 aliphatic carbocycles. The van der Waals surface area contributed by atoms with Gasteiger partial charge in [-0.05, 0) is 12.1 Å². The van der Waals surface area contributed by atoms with Crippen molar-refractivity contribution in [3.05, 3.63) is 27.7 Å². The number of benzene rings is 1. The van der Waals surface area contributed by atoms with Gasteiger partial charge in [-0.1, -0.05) is 15.9 Å². The number of hydrogen-bond donors (Lipinski definition) is 2. The van der Waals surface area contributed by atoms with Gasteiger partial charge in [0.2, 0.25) is 0 Å². The van der Waals surface area contributed by atoms with E-state index in [1.165, 1.54) is 6.07 Å². The number of carbonyl (C=O) groups is 1. The third-order valence-corrected chi connectivity index (χ3v) is 3.11. The van der Waals surface area contributed by atoms with Crippen molar-refractivity contribution in [3.8, 4) is 5.75 Å². The monoisotopic (exact) mass is 307 g/mol. The van der Waals surface area contributed by atoms with Gasteiger partial charge in [-0.15, -0.1) is 12.4 Å². The molecule has 1 aromatic carbocycles. The molecule has 3 N–H and O–H groups in total. The molecule has 0 radical (unpaired) electrons. The van der Waals surface area contributed by atoms with Gasteiger partial charge in [0.05, 0.1) is 6.61 Å². The van der Waals surface area contributed by atoms with Crippen LogP contribution in [0.2, 0.25) is 0 Å². The summed E-state index contributed by atoms with van der Waals surface area (Å²) in [5, 5.41) is 8.98. The number of hydrogen-bond acceptors (Lipinski definition) is 3. The molecule has 1 aliphatic heterocycles. The molecule has 0 aromatic heterocycles. The van der Waals surface area contributed by atoms with Gasteiger partial charge in [0.1, 0.15) is 11.3 Å². The number of nitrogens with two attached hydrogens (primary N) is 1. The lowest BCUT2D eigenvalue weighted by Crippen LogP contribution is -2.22. The summed E-state index contributed by atoms with van der Waals surface area (Å²) in [7, 11) is 0. The van der Waals surface area contributed by atoms with E-state index in [1.54, 1.807) is 6.07 Å². The summed E-state index contributed by atoms with van der Waals surface area (Å²) in [4.78, 5) is 11.0. The van der Waals surface area contributed by atoms with E-state index < -0.39 is 5.97 Å². The van der Waals surface area contributed by atoms with Gasteiger partial charge in [-0.25, -0.2) is 4.79 Å². The van der Waals surface area contributed by atoms with Crippen LogP contribution in [0.1, 0.15) is 28.4 Å². The summed E-state index contributed by atoms with van der Waals surface area (Å²) >= 11 is 3.35. The highest BCUT2D eigenvalue weighted by Gasteiger charge is 2.25. The summed E-state index contributed by atoms with van der Waals surface area (Å²) in [6.45, 7) is 0.463. The van der Waals surface area contributed by atoms with Crippen LogP contribution in [-0.2, 0) is 0 Å². The fourth-order valence-electron chi connectivity index (χ4n) is 1.68. The minimum atomic E-state index is -0.993. The maximum Gasteiger partial charge on any atom is 0.339 e. The number of carboxylic acid groups (broad SMARTS) is 1. The number of aromatic carboxylic acids is 1. The zero-order valence-corrected chi connectivity index (χ0v) is 10.7. The van der Waals surface area contributed by atoms with Crippen LogP contribution in [0.4, 0.5) is 0 Å². The van der Waals surface area contributed by atoms with E-state index in [2.05, 4.69) is 15.9 Å². The molecule has 1 aliphatic rings. The highest BCUT2D eigenvalue weighted by molar-refractivity contribution is 9.10. The van der Waals surface area contributed by atoms with Crippen molar-refractivity contribution in [2.24, 2.45) is 5.73 Å². The van der Waals surface area contributed by atoms with E-state index in [0.717, 1.165) is 10.0 Å². The maximum atomic E-state index is 11.0. The third kappa shape index (κ3) is 2.16. The predicted octanol–water partition coefficient (Wildman–Crippen LogP) is 2.35. The van der Waals surface area contributed by atoms with Crippen LogP contribution in [0.25, 0.3) is 0 Å². The van der Waals surface area contributed by atoms with E-state index in [0.29, 0.717) is 18.8 Å². The second-order valence-electron chi connectivity index (χ2n) is 3.39. The molecule has 0 spiro atoms. The Morgan fingerprint density at radius 1 is 1.56 bits per heavy atom. The zero-order valence-electron chi connectivity index (χ0n) is 8.27. The van der Waals surface area contributed by atoms with E-state index >= 15 is 0 Å². The van der Waals surface area contributed by atoms with Crippen LogP contribution < -0.4 is 10.5 Å². The lowest BCUT2D eigenvalue weighted by molar-refractivity contribution is 0.0690. The van der Waals surface area contributed by atoms with Gasteiger partial charge < -0.3 is 15.6 Å². The summed E-state index contributed by atoms with van der Waals surface area (Å²) in [5.74, 6) is -0.594. The Labute approximate surface area is 107 Å². The largest absolute Gasteiger partial charge is 0.492 e. The summed E-state index contributed by atoms with van der Waals surface area (Å²) in [5.41, 5.74) is 6.83. The molecular formula is C10H11BrClNO3. The molecule has 1 aromatic rings. The first-order chi connectivity index (χ1) is 7.11. The van der Waals surface area contributed by atoms with Crippen LogP contribution in [-0.4, -0.2) is 17.7 Å². The smallest absolute Gasteiger partial charge is 0.339 e. The Morgan fingerprint density at radius 3 is 2.88 bits per heavy atom. The van der Waals surface area contributed by atoms with Crippen molar-refractivity contribution in [1.29, 1.82) is 0 Å². The molecule has 6 heteroatoms. The maximum absolute atomic E-state index is 11.0. The molecule has 2 rings (SSSR count). The molecule has 88 valence electrons. The molecule has 1 atom stereocenters. The number of fused-ring (bicyclic) bond motifs is 1. The van der Waals surface area contributed by atoms with Crippen molar-refractivity contribution < 1.29 is 14.6 Å². The Hall–Kier alpha value is -0.780. The Balaban J connectivity index is 0.00000128. The van der Waals surface area contributed by atoms with Crippen LogP contribution in [0.3, 0.4) is 0 Å². The Morgan fingerprint density at radius 2 is 2.25 bits per heavy atom. The highest BCUT2D eigenvalue weighted by Crippen LogP contribution is 2.38. The number of rotatable bonds is 1. The molecule has 4 nitrogen and oxygen atoms in total. The van der Waals surface area contributed by atoms with E-state index in [-0.39, 0.29) is 24.0 Å². The first-order valence-electron chi connectivity index (χ1n) is 4.55. The zero-order chi connectivity index (χ0) is 11.0. The van der Waals surface area contributed by atoms with Crippen molar-refractivity contribution >= 4 is 34.3 Å². The minimum absolute atomic E-state index is 0. The van der Waals surface area contributed by atoms with Crippen molar-refractivity contribution in [3.63, 3.8) is 0 Å². The van der Waals surface area contributed by atoms with Crippen molar-refractivity contribution in [1.82, 2.24) is 0 Å².